The van der Waals surface area contributed by atoms with Gasteiger partial charge in [0, 0.05) is 38.0 Å². The number of carbonyl (C=O) groups is 2. The summed E-state index contributed by atoms with van der Waals surface area (Å²) in [6.45, 7) is 10.9. The van der Waals surface area contributed by atoms with Crippen molar-refractivity contribution >= 4 is 11.7 Å². The van der Waals surface area contributed by atoms with E-state index in [9.17, 15) is 9.59 Å². The van der Waals surface area contributed by atoms with E-state index >= 15 is 0 Å². The molecule has 1 unspecified atom stereocenters. The van der Waals surface area contributed by atoms with Gasteiger partial charge in [0.15, 0.2) is 5.78 Å². The highest BCUT2D eigenvalue weighted by molar-refractivity contribution is 5.81. The lowest BCUT2D eigenvalue weighted by Gasteiger charge is -2.07. The van der Waals surface area contributed by atoms with Crippen LogP contribution in [-0.4, -0.2) is 59.7 Å². The molecule has 1 aromatic rings. The van der Waals surface area contributed by atoms with Crippen LogP contribution in [0.3, 0.4) is 0 Å². The lowest BCUT2D eigenvalue weighted by Crippen LogP contribution is -2.28. The van der Waals surface area contributed by atoms with Gasteiger partial charge in [0.1, 0.15) is 6.61 Å². The number of hydrogen-bond donors (Lipinski definition) is 1. The van der Waals surface area contributed by atoms with Gasteiger partial charge in [0.25, 0.3) is 0 Å². The van der Waals surface area contributed by atoms with Gasteiger partial charge in [-0.1, -0.05) is 52.2 Å². The number of Topliss-reactive ketones (excluding diaryl/α,β-unsaturated/α-hetero) is 1. The first-order valence-electron chi connectivity index (χ1n) is 11.3. The van der Waals surface area contributed by atoms with E-state index in [1.807, 2.05) is 24.7 Å². The Morgan fingerprint density at radius 2 is 1.90 bits per heavy atom. The van der Waals surface area contributed by atoms with Crippen LogP contribution in [0.4, 0.5) is 0 Å². The van der Waals surface area contributed by atoms with E-state index in [4.69, 9.17) is 9.47 Å². The third kappa shape index (κ3) is 12.7. The van der Waals surface area contributed by atoms with E-state index in [1.165, 1.54) is 19.3 Å². The molecule has 0 saturated carbocycles. The van der Waals surface area contributed by atoms with Crippen LogP contribution < -0.4 is 5.32 Å². The maximum Gasteiger partial charge on any atom is 0.220 e. The highest BCUT2D eigenvalue weighted by Crippen LogP contribution is 2.11. The van der Waals surface area contributed by atoms with E-state index in [0.717, 1.165) is 24.6 Å². The molecule has 0 aromatic carbocycles. The molecule has 0 aliphatic heterocycles. The number of aromatic nitrogens is 3. The second-order valence-electron chi connectivity index (χ2n) is 8.12. The fourth-order valence-corrected chi connectivity index (χ4v) is 2.69. The van der Waals surface area contributed by atoms with Crippen molar-refractivity contribution < 1.29 is 19.1 Å². The number of rotatable bonds is 18. The molecule has 30 heavy (non-hydrogen) atoms. The highest BCUT2D eigenvalue weighted by atomic mass is 16.5. The van der Waals surface area contributed by atoms with Crippen LogP contribution in [-0.2, 0) is 32.0 Å². The average molecular weight is 425 g/mol. The number of unbranched alkanes of at least 4 members (excludes halogenated alkanes) is 1. The van der Waals surface area contributed by atoms with Crippen LogP contribution >= 0.6 is 0 Å². The van der Waals surface area contributed by atoms with Crippen LogP contribution in [0.15, 0.2) is 6.20 Å². The molecule has 0 saturated heterocycles. The predicted octanol–water partition coefficient (Wildman–Crippen LogP) is 2.80. The second kappa shape index (κ2) is 16.0. The van der Waals surface area contributed by atoms with Gasteiger partial charge in [0.05, 0.1) is 25.5 Å². The van der Waals surface area contributed by atoms with Crippen molar-refractivity contribution in [2.24, 2.45) is 11.8 Å². The van der Waals surface area contributed by atoms with Gasteiger partial charge in [-0.2, -0.15) is 0 Å². The summed E-state index contributed by atoms with van der Waals surface area (Å²) in [5.41, 5.74) is 0.844. The minimum absolute atomic E-state index is 0.00913. The molecule has 1 atom stereocenters. The summed E-state index contributed by atoms with van der Waals surface area (Å²) in [6, 6.07) is 0. The molecule has 8 nitrogen and oxygen atoms in total. The molecule has 1 N–H and O–H groups in total. The summed E-state index contributed by atoms with van der Waals surface area (Å²) < 4.78 is 12.5. The first-order valence-corrected chi connectivity index (χ1v) is 11.3. The van der Waals surface area contributed by atoms with Gasteiger partial charge in [-0.25, -0.2) is 0 Å². The zero-order valence-corrected chi connectivity index (χ0v) is 19.2. The number of nitrogens with zero attached hydrogens (tertiary/aromatic N) is 3. The number of nitrogens with one attached hydrogen (secondary N) is 1. The molecule has 172 valence electrons. The van der Waals surface area contributed by atoms with Crippen molar-refractivity contribution in [1.82, 2.24) is 20.3 Å². The summed E-state index contributed by atoms with van der Waals surface area (Å²) in [4.78, 5) is 23.3. The highest BCUT2D eigenvalue weighted by Gasteiger charge is 2.07. The standard InChI is InChI=1S/C22H40N4O4/c1-5-19(4)8-6-7-12-26-16-20(24-25-26)9-10-22(28)23-11-13-29-14-15-30-17-21(27)18(2)3/h16,18-19H,5-15,17H2,1-4H3,(H,23,28). The Bertz CT molecular complexity index is 604. The van der Waals surface area contributed by atoms with Crippen LogP contribution in [0.2, 0.25) is 0 Å². The molecular formula is C22H40N4O4. The van der Waals surface area contributed by atoms with Crippen molar-refractivity contribution in [2.75, 3.05) is 33.0 Å². The Morgan fingerprint density at radius 1 is 1.13 bits per heavy atom. The first kappa shape index (κ1) is 26.2. The van der Waals surface area contributed by atoms with Crippen LogP contribution in [0.25, 0.3) is 0 Å². The third-order valence-corrected chi connectivity index (χ3v) is 5.05. The predicted molar refractivity (Wildman–Crippen MR) is 116 cm³/mol. The van der Waals surface area contributed by atoms with Crippen molar-refractivity contribution in [1.29, 1.82) is 0 Å². The Morgan fingerprint density at radius 3 is 2.63 bits per heavy atom. The minimum atomic E-state index is -0.0273. The van der Waals surface area contributed by atoms with E-state index in [0.29, 0.717) is 39.2 Å². The number of carbonyl (C=O) groups excluding carboxylic acids is 2. The molecule has 0 aliphatic rings. The largest absolute Gasteiger partial charge is 0.377 e. The van der Waals surface area contributed by atoms with Gasteiger partial charge in [-0.3, -0.25) is 14.3 Å². The zero-order valence-electron chi connectivity index (χ0n) is 19.2. The lowest BCUT2D eigenvalue weighted by molar-refractivity contribution is -0.127. The number of aryl methyl sites for hydroxylation is 2. The minimum Gasteiger partial charge on any atom is -0.377 e. The van der Waals surface area contributed by atoms with Gasteiger partial charge >= 0.3 is 0 Å². The smallest absolute Gasteiger partial charge is 0.220 e. The van der Waals surface area contributed by atoms with Crippen molar-refractivity contribution in [3.63, 3.8) is 0 Å². The molecule has 1 aromatic heterocycles. The van der Waals surface area contributed by atoms with Crippen molar-refractivity contribution in [3.05, 3.63) is 11.9 Å². The number of ketones is 1. The van der Waals surface area contributed by atoms with Crippen molar-refractivity contribution in [3.8, 4) is 0 Å². The lowest BCUT2D eigenvalue weighted by atomic mass is 10.0. The van der Waals surface area contributed by atoms with Gasteiger partial charge in [-0.15, -0.1) is 5.10 Å². The van der Waals surface area contributed by atoms with Gasteiger partial charge < -0.3 is 14.8 Å². The summed E-state index contributed by atoms with van der Waals surface area (Å²) in [6.07, 6.45) is 7.70. The summed E-state index contributed by atoms with van der Waals surface area (Å²) in [7, 11) is 0. The molecule has 0 spiro atoms. The van der Waals surface area contributed by atoms with Crippen molar-refractivity contribution in [2.45, 2.75) is 72.8 Å². The third-order valence-electron chi connectivity index (χ3n) is 5.05. The Balaban J connectivity index is 2.01. The summed E-state index contributed by atoms with van der Waals surface area (Å²) >= 11 is 0. The number of ether oxygens (including phenoxy) is 2. The first-order chi connectivity index (χ1) is 14.4. The molecule has 1 rings (SSSR count). The monoisotopic (exact) mass is 424 g/mol. The summed E-state index contributed by atoms with van der Waals surface area (Å²) in [5.74, 6) is 0.837. The number of amides is 1. The van der Waals surface area contributed by atoms with Crippen LogP contribution in [0, 0.1) is 11.8 Å². The zero-order chi connectivity index (χ0) is 22.2. The molecule has 1 heterocycles. The van der Waals surface area contributed by atoms with E-state index < -0.39 is 0 Å². The van der Waals surface area contributed by atoms with E-state index in [2.05, 4.69) is 29.5 Å². The van der Waals surface area contributed by atoms with Crippen LogP contribution in [0.5, 0.6) is 0 Å². The van der Waals surface area contributed by atoms with Crippen LogP contribution in [0.1, 0.15) is 65.5 Å². The van der Waals surface area contributed by atoms with Gasteiger partial charge in [0.2, 0.25) is 5.91 Å². The Labute approximate surface area is 181 Å². The van der Waals surface area contributed by atoms with E-state index in [1.54, 1.807) is 0 Å². The fraction of sp³-hybridized carbons (Fsp3) is 0.818. The molecule has 0 bridgehead atoms. The average Bonchev–Trinajstić information content (AvgIpc) is 3.18. The fourth-order valence-electron chi connectivity index (χ4n) is 2.69. The molecule has 0 fully saturated rings. The molecule has 8 heteroatoms. The second-order valence-corrected chi connectivity index (χ2v) is 8.12. The molecule has 0 aliphatic carbocycles. The Kier molecular flexibility index (Phi) is 14.0. The quantitative estimate of drug-likeness (QED) is 0.364. The SMILES string of the molecule is CCC(C)CCCCn1cc(CCC(=O)NCCOCCOCC(=O)C(C)C)nn1. The normalized spacial score (nSPS) is 12.3. The maximum atomic E-state index is 11.9. The van der Waals surface area contributed by atoms with E-state index in [-0.39, 0.29) is 24.2 Å². The number of hydrogen-bond acceptors (Lipinski definition) is 6. The van der Waals surface area contributed by atoms with Gasteiger partial charge in [-0.05, 0) is 12.3 Å². The summed E-state index contributed by atoms with van der Waals surface area (Å²) in [5, 5.41) is 11.1. The topological polar surface area (TPSA) is 95.3 Å². The Hall–Kier alpha value is -1.80. The maximum absolute atomic E-state index is 11.9. The molecule has 0 radical (unpaired) electrons. The molecule has 1 amide bonds. The molecular weight excluding hydrogens is 384 g/mol.